The zero-order chi connectivity index (χ0) is 17.7. The highest BCUT2D eigenvalue weighted by atomic mass is 16.6. The first-order chi connectivity index (χ1) is 10.5. The molecule has 0 unspecified atom stereocenters. The fourth-order valence-electron chi connectivity index (χ4n) is 2.07. The summed E-state index contributed by atoms with van der Waals surface area (Å²) in [5.41, 5.74) is -1.21. The topological polar surface area (TPSA) is 72.8 Å². The van der Waals surface area contributed by atoms with Crippen molar-refractivity contribution in [3.63, 3.8) is 0 Å². The van der Waals surface area contributed by atoms with Crippen molar-refractivity contribution >= 4 is 11.9 Å². The third-order valence-electron chi connectivity index (χ3n) is 3.04. The van der Waals surface area contributed by atoms with Crippen molar-refractivity contribution < 1.29 is 28.7 Å². The van der Waals surface area contributed by atoms with Gasteiger partial charge in [0.2, 0.25) is 0 Å². The van der Waals surface area contributed by atoms with Crippen molar-refractivity contribution in [1.29, 1.82) is 0 Å². The van der Waals surface area contributed by atoms with Gasteiger partial charge in [0, 0.05) is 0 Å². The summed E-state index contributed by atoms with van der Waals surface area (Å²) in [6.07, 6.45) is -0.943. The van der Waals surface area contributed by atoms with E-state index in [9.17, 15) is 9.59 Å². The predicted molar refractivity (Wildman–Crippen MR) is 86.2 cm³/mol. The fraction of sp³-hybridized carbons (Fsp3) is 0.529. The van der Waals surface area contributed by atoms with Crippen molar-refractivity contribution in [3.05, 3.63) is 30.3 Å². The third-order valence-corrected chi connectivity index (χ3v) is 3.04. The SMILES string of the molecule is CC(C)(Oc1ccccc1)C(=O)O[C@H](CC(=O)O)C[N+](C)(C)C. The Morgan fingerprint density at radius 1 is 1.17 bits per heavy atom. The summed E-state index contributed by atoms with van der Waals surface area (Å²) >= 11 is 0. The Balaban J connectivity index is 2.77. The third kappa shape index (κ3) is 7.15. The highest BCUT2D eigenvalue weighted by Crippen LogP contribution is 2.20. The monoisotopic (exact) mass is 324 g/mol. The van der Waals surface area contributed by atoms with Crippen LogP contribution in [0.4, 0.5) is 0 Å². The van der Waals surface area contributed by atoms with Crippen LogP contribution in [0.15, 0.2) is 30.3 Å². The van der Waals surface area contributed by atoms with E-state index in [4.69, 9.17) is 14.6 Å². The van der Waals surface area contributed by atoms with E-state index in [0.717, 1.165) is 0 Å². The molecular weight excluding hydrogens is 298 g/mol. The number of likely N-dealkylation sites (N-methyl/N-ethyl adjacent to an activating group) is 1. The minimum Gasteiger partial charge on any atom is -0.481 e. The molecule has 0 saturated heterocycles. The van der Waals surface area contributed by atoms with Gasteiger partial charge in [0.05, 0.1) is 27.6 Å². The molecule has 0 aliphatic heterocycles. The number of para-hydroxylation sites is 1. The molecule has 1 atom stereocenters. The van der Waals surface area contributed by atoms with Gasteiger partial charge in [-0.1, -0.05) is 18.2 Å². The lowest BCUT2D eigenvalue weighted by Gasteiger charge is -2.31. The lowest BCUT2D eigenvalue weighted by Crippen LogP contribution is -2.47. The molecule has 0 aliphatic carbocycles. The van der Waals surface area contributed by atoms with Gasteiger partial charge < -0.3 is 19.1 Å². The average molecular weight is 324 g/mol. The molecule has 6 nitrogen and oxygen atoms in total. The molecule has 1 N–H and O–H groups in total. The van der Waals surface area contributed by atoms with E-state index in [2.05, 4.69) is 0 Å². The molecule has 1 aromatic carbocycles. The van der Waals surface area contributed by atoms with Crippen LogP contribution in [0.1, 0.15) is 20.3 Å². The number of benzene rings is 1. The molecule has 0 amide bonds. The van der Waals surface area contributed by atoms with Gasteiger partial charge in [0.1, 0.15) is 12.3 Å². The predicted octanol–water partition coefficient (Wildman–Crippen LogP) is 1.94. The quantitative estimate of drug-likeness (QED) is 0.584. The number of esters is 1. The molecule has 0 saturated carbocycles. The first-order valence-corrected chi connectivity index (χ1v) is 7.47. The maximum absolute atomic E-state index is 12.4. The highest BCUT2D eigenvalue weighted by Gasteiger charge is 2.35. The van der Waals surface area contributed by atoms with Gasteiger partial charge in [0.25, 0.3) is 0 Å². The fourth-order valence-corrected chi connectivity index (χ4v) is 2.07. The highest BCUT2D eigenvalue weighted by molar-refractivity contribution is 5.79. The molecule has 6 heteroatoms. The van der Waals surface area contributed by atoms with E-state index in [1.165, 1.54) is 0 Å². The number of nitrogens with zero attached hydrogens (tertiary/aromatic N) is 1. The van der Waals surface area contributed by atoms with Crippen LogP contribution in [-0.4, -0.2) is 60.9 Å². The van der Waals surface area contributed by atoms with Gasteiger partial charge in [-0.2, -0.15) is 0 Å². The van der Waals surface area contributed by atoms with E-state index >= 15 is 0 Å². The van der Waals surface area contributed by atoms with Crippen LogP contribution in [0.3, 0.4) is 0 Å². The number of quaternary nitrogens is 1. The maximum Gasteiger partial charge on any atom is 0.350 e. The van der Waals surface area contributed by atoms with Crippen LogP contribution in [0.5, 0.6) is 5.75 Å². The van der Waals surface area contributed by atoms with Crippen molar-refractivity contribution in [2.75, 3.05) is 27.7 Å². The number of carboxylic acid groups (broad SMARTS) is 1. The second-order valence-corrected chi connectivity index (χ2v) is 7.02. The Hall–Kier alpha value is -2.08. The summed E-state index contributed by atoms with van der Waals surface area (Å²) < 4.78 is 11.6. The second kappa shape index (κ2) is 7.46. The van der Waals surface area contributed by atoms with Gasteiger partial charge >= 0.3 is 11.9 Å². The largest absolute Gasteiger partial charge is 0.481 e. The van der Waals surface area contributed by atoms with E-state index in [1.807, 2.05) is 27.2 Å². The standard InChI is InChI=1S/C17H25NO5/c1-17(2,23-13-9-7-6-8-10-13)16(21)22-14(11-15(19)20)12-18(3,4)5/h6-10,14H,11-12H2,1-5H3/p+1/t14-/m1/s1. The molecule has 0 radical (unpaired) electrons. The molecule has 0 aliphatic rings. The van der Waals surface area contributed by atoms with Gasteiger partial charge in [-0.05, 0) is 26.0 Å². The van der Waals surface area contributed by atoms with Crippen molar-refractivity contribution in [3.8, 4) is 5.75 Å². The van der Waals surface area contributed by atoms with Crippen LogP contribution < -0.4 is 4.74 Å². The van der Waals surface area contributed by atoms with E-state index in [-0.39, 0.29) is 6.42 Å². The maximum atomic E-state index is 12.4. The van der Waals surface area contributed by atoms with Crippen LogP contribution in [0.2, 0.25) is 0 Å². The Kier molecular flexibility index (Phi) is 6.15. The summed E-state index contributed by atoms with van der Waals surface area (Å²) in [4.78, 5) is 23.4. The van der Waals surface area contributed by atoms with Crippen molar-refractivity contribution in [1.82, 2.24) is 0 Å². The van der Waals surface area contributed by atoms with Crippen LogP contribution in [-0.2, 0) is 14.3 Å². The smallest absolute Gasteiger partial charge is 0.350 e. The summed E-state index contributed by atoms with van der Waals surface area (Å²) in [6.45, 7) is 3.61. The van der Waals surface area contributed by atoms with Gasteiger partial charge in [-0.15, -0.1) is 0 Å². The molecule has 0 fully saturated rings. The van der Waals surface area contributed by atoms with Crippen LogP contribution in [0, 0.1) is 0 Å². The second-order valence-electron chi connectivity index (χ2n) is 7.02. The zero-order valence-corrected chi connectivity index (χ0v) is 14.4. The van der Waals surface area contributed by atoms with E-state index in [0.29, 0.717) is 16.8 Å². The van der Waals surface area contributed by atoms with Gasteiger partial charge in [-0.25, -0.2) is 4.79 Å². The van der Waals surface area contributed by atoms with Gasteiger partial charge in [-0.3, -0.25) is 4.79 Å². The molecule has 1 aromatic rings. The first-order valence-electron chi connectivity index (χ1n) is 7.47. The van der Waals surface area contributed by atoms with Crippen molar-refractivity contribution in [2.24, 2.45) is 0 Å². The normalized spacial score (nSPS) is 13.3. The minimum absolute atomic E-state index is 0.233. The van der Waals surface area contributed by atoms with Crippen LogP contribution in [0.25, 0.3) is 0 Å². The molecule has 0 aromatic heterocycles. The van der Waals surface area contributed by atoms with E-state index < -0.39 is 23.6 Å². The van der Waals surface area contributed by atoms with Crippen molar-refractivity contribution in [2.45, 2.75) is 32.0 Å². The Bertz CT molecular complexity index is 534. The molecule has 0 spiro atoms. The first kappa shape index (κ1) is 19.0. The number of carbonyl (C=O) groups is 2. The molecule has 0 bridgehead atoms. The molecule has 0 heterocycles. The number of carbonyl (C=O) groups excluding carboxylic acids is 1. The van der Waals surface area contributed by atoms with E-state index in [1.54, 1.807) is 38.1 Å². The summed E-state index contributed by atoms with van der Waals surface area (Å²) in [5, 5.41) is 9.00. The van der Waals surface area contributed by atoms with Crippen LogP contribution >= 0.6 is 0 Å². The summed E-state index contributed by atoms with van der Waals surface area (Å²) in [6, 6.07) is 8.95. The lowest BCUT2D eigenvalue weighted by atomic mass is 10.1. The van der Waals surface area contributed by atoms with Gasteiger partial charge in [0.15, 0.2) is 11.7 Å². The summed E-state index contributed by atoms with van der Waals surface area (Å²) in [5.74, 6) is -1.03. The molecular formula is C17H26NO5+. The Labute approximate surface area is 137 Å². The Morgan fingerprint density at radius 3 is 2.22 bits per heavy atom. The number of hydrogen-bond acceptors (Lipinski definition) is 4. The molecule has 1 rings (SSSR count). The number of ether oxygens (including phenoxy) is 2. The number of aliphatic carboxylic acids is 1. The summed E-state index contributed by atoms with van der Waals surface area (Å²) in [7, 11) is 5.73. The zero-order valence-electron chi connectivity index (χ0n) is 14.4. The lowest BCUT2D eigenvalue weighted by molar-refractivity contribution is -0.873. The number of carboxylic acids is 1. The minimum atomic E-state index is -1.21. The molecule has 128 valence electrons. The number of hydrogen-bond donors (Lipinski definition) is 1. The Morgan fingerprint density at radius 2 is 1.74 bits per heavy atom. The average Bonchev–Trinajstić information content (AvgIpc) is 2.36. The number of rotatable bonds is 8. The molecule has 23 heavy (non-hydrogen) atoms.